The monoisotopic (exact) mass is 338 g/mol. The highest BCUT2D eigenvalue weighted by Crippen LogP contribution is 2.14. The van der Waals surface area contributed by atoms with Crippen LogP contribution in [0.1, 0.15) is 124 Å². The maximum absolute atomic E-state index is 12.1. The largest absolute Gasteiger partial charge is 0.299 e. The summed E-state index contributed by atoms with van der Waals surface area (Å²) in [5.74, 6) is -0.0433. The predicted octanol–water partition coefficient (Wildman–Crippen LogP) is 7.04. The number of unbranched alkanes of at least 4 members (excludes halogenated alkanes) is 12. The van der Waals surface area contributed by atoms with Gasteiger partial charge in [-0.15, -0.1) is 0 Å². The van der Waals surface area contributed by atoms with Gasteiger partial charge >= 0.3 is 0 Å². The molecular formula is C22H42O2. The van der Waals surface area contributed by atoms with Gasteiger partial charge in [-0.2, -0.15) is 0 Å². The van der Waals surface area contributed by atoms with Gasteiger partial charge in [0.2, 0.25) is 0 Å². The Morgan fingerprint density at radius 3 is 1.17 bits per heavy atom. The lowest BCUT2D eigenvalue weighted by Crippen LogP contribution is -2.20. The van der Waals surface area contributed by atoms with E-state index in [2.05, 4.69) is 13.8 Å². The van der Waals surface area contributed by atoms with Crippen molar-refractivity contribution in [3.8, 4) is 0 Å². The molecule has 0 radical (unpaired) electrons. The Kier molecular flexibility index (Phi) is 16.7. The molecule has 0 aliphatic carbocycles. The molecule has 24 heavy (non-hydrogen) atoms. The van der Waals surface area contributed by atoms with Crippen molar-refractivity contribution >= 4 is 11.6 Å². The molecule has 0 N–H and O–H groups in total. The van der Waals surface area contributed by atoms with Gasteiger partial charge in [-0.05, 0) is 19.8 Å². The Morgan fingerprint density at radius 1 is 0.542 bits per heavy atom. The standard InChI is InChI=1S/C22H42O2/c1-4-6-8-10-12-14-16-18-21(23)20(3)22(24)19-17-15-13-11-9-7-5-2/h20H,4-19H2,1-3H3. The molecule has 142 valence electrons. The number of hydrogen-bond donors (Lipinski definition) is 0. The molecule has 0 saturated heterocycles. The molecule has 0 atom stereocenters. The van der Waals surface area contributed by atoms with E-state index >= 15 is 0 Å². The van der Waals surface area contributed by atoms with E-state index in [1.165, 1.54) is 64.2 Å². The third-order valence-corrected chi connectivity index (χ3v) is 5.02. The highest BCUT2D eigenvalue weighted by Gasteiger charge is 2.19. The molecule has 2 heteroatoms. The molecule has 0 amide bonds. The summed E-state index contributed by atoms with van der Waals surface area (Å²) in [7, 11) is 0. The van der Waals surface area contributed by atoms with Crippen LogP contribution in [-0.2, 0) is 9.59 Å². The van der Waals surface area contributed by atoms with Crippen LogP contribution in [0.2, 0.25) is 0 Å². The van der Waals surface area contributed by atoms with Gasteiger partial charge in [-0.3, -0.25) is 9.59 Å². The normalized spacial score (nSPS) is 11.2. The smallest absolute Gasteiger partial charge is 0.143 e. The molecule has 0 unspecified atom stereocenters. The number of ketones is 2. The molecule has 0 spiro atoms. The van der Waals surface area contributed by atoms with E-state index in [0.717, 1.165) is 25.7 Å². The van der Waals surface area contributed by atoms with Crippen molar-refractivity contribution in [3.63, 3.8) is 0 Å². The number of rotatable bonds is 18. The van der Waals surface area contributed by atoms with E-state index in [9.17, 15) is 9.59 Å². The lowest BCUT2D eigenvalue weighted by Gasteiger charge is -2.09. The zero-order valence-electron chi connectivity index (χ0n) is 16.7. The SMILES string of the molecule is CCCCCCCCCC(=O)C(C)C(=O)CCCCCCCCC. The Hall–Kier alpha value is -0.660. The van der Waals surface area contributed by atoms with Gasteiger partial charge in [0.25, 0.3) is 0 Å². The van der Waals surface area contributed by atoms with Crippen molar-refractivity contribution in [1.82, 2.24) is 0 Å². The van der Waals surface area contributed by atoms with Crippen LogP contribution in [0.25, 0.3) is 0 Å². The first-order valence-corrected chi connectivity index (χ1v) is 10.7. The summed E-state index contributed by atoms with van der Waals surface area (Å²) < 4.78 is 0. The van der Waals surface area contributed by atoms with Crippen LogP contribution >= 0.6 is 0 Å². The summed E-state index contributed by atoms with van der Waals surface area (Å²) in [6, 6.07) is 0. The van der Waals surface area contributed by atoms with Gasteiger partial charge in [0, 0.05) is 12.8 Å². The highest BCUT2D eigenvalue weighted by molar-refractivity contribution is 6.01. The average Bonchev–Trinajstić information content (AvgIpc) is 2.59. The van der Waals surface area contributed by atoms with E-state index in [0.29, 0.717) is 12.8 Å². The van der Waals surface area contributed by atoms with Crippen LogP contribution in [-0.4, -0.2) is 11.6 Å². The molecule has 0 heterocycles. The molecule has 0 aromatic heterocycles. The van der Waals surface area contributed by atoms with Crippen molar-refractivity contribution < 1.29 is 9.59 Å². The molecular weight excluding hydrogens is 296 g/mol. The summed E-state index contributed by atoms with van der Waals surface area (Å²) in [5.41, 5.74) is 0. The second-order valence-corrected chi connectivity index (χ2v) is 7.40. The maximum Gasteiger partial charge on any atom is 0.143 e. The fourth-order valence-electron chi connectivity index (χ4n) is 3.13. The quantitative estimate of drug-likeness (QED) is 0.198. The summed E-state index contributed by atoms with van der Waals surface area (Å²) in [5, 5.41) is 0. The van der Waals surface area contributed by atoms with Crippen LogP contribution in [0, 0.1) is 5.92 Å². The van der Waals surface area contributed by atoms with E-state index in [1.807, 2.05) is 6.92 Å². The molecule has 0 saturated carbocycles. The van der Waals surface area contributed by atoms with Gasteiger partial charge in [-0.1, -0.05) is 90.9 Å². The molecule has 0 bridgehead atoms. The number of carbonyl (C=O) groups is 2. The van der Waals surface area contributed by atoms with E-state index in [1.54, 1.807) is 0 Å². The van der Waals surface area contributed by atoms with Crippen molar-refractivity contribution in [2.75, 3.05) is 0 Å². The molecule has 0 aromatic carbocycles. The van der Waals surface area contributed by atoms with Gasteiger partial charge in [0.15, 0.2) is 0 Å². The van der Waals surface area contributed by atoms with E-state index in [4.69, 9.17) is 0 Å². The van der Waals surface area contributed by atoms with Crippen LogP contribution in [0.5, 0.6) is 0 Å². The first-order valence-electron chi connectivity index (χ1n) is 10.7. The third-order valence-electron chi connectivity index (χ3n) is 5.02. The minimum Gasteiger partial charge on any atom is -0.299 e. The highest BCUT2D eigenvalue weighted by atomic mass is 16.1. The lowest BCUT2D eigenvalue weighted by molar-refractivity contribution is -0.132. The third kappa shape index (κ3) is 13.7. The first-order chi connectivity index (χ1) is 11.6. The number of Topliss-reactive ketones (excluding diaryl/α,β-unsaturated/α-hetero) is 2. The topological polar surface area (TPSA) is 34.1 Å². The summed E-state index contributed by atoms with van der Waals surface area (Å²) in [4.78, 5) is 24.2. The molecule has 0 aromatic rings. The molecule has 0 aliphatic rings. The van der Waals surface area contributed by atoms with Gasteiger partial charge in [0.05, 0.1) is 5.92 Å². The number of hydrogen-bond acceptors (Lipinski definition) is 2. The van der Waals surface area contributed by atoms with E-state index < -0.39 is 0 Å². The summed E-state index contributed by atoms with van der Waals surface area (Å²) >= 11 is 0. The molecule has 0 fully saturated rings. The van der Waals surface area contributed by atoms with Crippen molar-refractivity contribution in [1.29, 1.82) is 0 Å². The average molecular weight is 339 g/mol. The predicted molar refractivity (Wildman–Crippen MR) is 104 cm³/mol. The fourth-order valence-corrected chi connectivity index (χ4v) is 3.13. The second kappa shape index (κ2) is 17.2. The summed E-state index contributed by atoms with van der Waals surface area (Å²) in [6.45, 7) is 6.26. The van der Waals surface area contributed by atoms with Crippen LogP contribution < -0.4 is 0 Å². The van der Waals surface area contributed by atoms with Gasteiger partial charge < -0.3 is 0 Å². The Morgan fingerprint density at radius 2 is 0.833 bits per heavy atom. The maximum atomic E-state index is 12.1. The minimum absolute atomic E-state index is 0.163. The van der Waals surface area contributed by atoms with Gasteiger partial charge in [0.1, 0.15) is 11.6 Å². The minimum atomic E-state index is -0.370. The lowest BCUT2D eigenvalue weighted by atomic mass is 9.93. The zero-order valence-corrected chi connectivity index (χ0v) is 16.7. The summed E-state index contributed by atoms with van der Waals surface area (Å²) in [6.07, 6.45) is 18.2. The Labute approximate surface area is 151 Å². The van der Waals surface area contributed by atoms with E-state index in [-0.39, 0.29) is 17.5 Å². The van der Waals surface area contributed by atoms with Crippen molar-refractivity contribution in [2.45, 2.75) is 124 Å². The molecule has 2 nitrogen and oxygen atoms in total. The Balaban J connectivity index is 3.59. The Bertz CT molecular complexity index is 279. The van der Waals surface area contributed by atoms with Crippen LogP contribution in [0.15, 0.2) is 0 Å². The van der Waals surface area contributed by atoms with Crippen LogP contribution in [0.3, 0.4) is 0 Å². The molecule has 0 aliphatic heterocycles. The molecule has 0 rings (SSSR count). The number of carbonyl (C=O) groups excluding carboxylic acids is 2. The first kappa shape index (κ1) is 23.3. The zero-order chi connectivity index (χ0) is 18.0. The van der Waals surface area contributed by atoms with Crippen molar-refractivity contribution in [3.05, 3.63) is 0 Å². The fraction of sp³-hybridized carbons (Fsp3) is 0.909. The van der Waals surface area contributed by atoms with Crippen molar-refractivity contribution in [2.24, 2.45) is 5.92 Å². The van der Waals surface area contributed by atoms with Gasteiger partial charge in [-0.25, -0.2) is 0 Å². The second-order valence-electron chi connectivity index (χ2n) is 7.40. The van der Waals surface area contributed by atoms with Crippen LogP contribution in [0.4, 0.5) is 0 Å².